The van der Waals surface area contributed by atoms with Crippen LogP contribution in [0.5, 0.6) is 0 Å². The maximum Gasteiger partial charge on any atom is 0.324 e. The molecule has 0 bridgehead atoms. The van der Waals surface area contributed by atoms with E-state index in [4.69, 9.17) is 4.52 Å². The number of carbonyl (C=O) groups excluding carboxylic acids is 2. The van der Waals surface area contributed by atoms with E-state index < -0.39 is 11.8 Å². The summed E-state index contributed by atoms with van der Waals surface area (Å²) in [7, 11) is 0. The number of urea groups is 1. The number of aromatic nitrogens is 3. The highest BCUT2D eigenvalue weighted by Gasteiger charge is 2.28. The first-order valence-corrected chi connectivity index (χ1v) is 11.0. The maximum atomic E-state index is 15.2. The molecule has 0 aliphatic carbocycles. The summed E-state index contributed by atoms with van der Waals surface area (Å²) >= 11 is 0. The number of halogens is 1. The number of benzene rings is 2. The number of H-pyrrole nitrogens is 1. The minimum Gasteiger partial charge on any atom is -0.359 e. The number of carbonyl (C=O) groups is 2. The molecule has 3 amide bonds. The second kappa shape index (κ2) is 8.39. The van der Waals surface area contributed by atoms with Gasteiger partial charge in [-0.3, -0.25) is 10.1 Å². The van der Waals surface area contributed by atoms with Gasteiger partial charge in [-0.05, 0) is 35.4 Å². The lowest BCUT2D eigenvalue weighted by atomic mass is 9.92. The van der Waals surface area contributed by atoms with Crippen LogP contribution in [0.15, 0.2) is 53.3 Å². The number of aromatic amines is 1. The van der Waals surface area contributed by atoms with Crippen LogP contribution in [0.4, 0.5) is 20.7 Å². The van der Waals surface area contributed by atoms with Gasteiger partial charge in [-0.15, -0.1) is 0 Å². The van der Waals surface area contributed by atoms with Gasteiger partial charge in [-0.25, -0.2) is 14.2 Å². The maximum absolute atomic E-state index is 15.2. The second-order valence-corrected chi connectivity index (χ2v) is 9.23. The number of amides is 3. The van der Waals surface area contributed by atoms with Crippen LogP contribution in [-0.2, 0) is 12.0 Å². The molecular weight excluding hydrogens is 451 g/mol. The van der Waals surface area contributed by atoms with Crippen LogP contribution in [-0.4, -0.2) is 27.1 Å². The van der Waals surface area contributed by atoms with E-state index >= 15 is 4.39 Å². The van der Waals surface area contributed by atoms with Crippen LogP contribution >= 0.6 is 0 Å². The van der Waals surface area contributed by atoms with Crippen molar-refractivity contribution in [2.75, 3.05) is 10.6 Å². The van der Waals surface area contributed by atoms with E-state index in [1.54, 1.807) is 42.7 Å². The van der Waals surface area contributed by atoms with Crippen LogP contribution in [0.3, 0.4) is 0 Å². The lowest BCUT2D eigenvalue weighted by Gasteiger charge is -2.13. The largest absolute Gasteiger partial charge is 0.359 e. The number of hydrogen-bond acceptors (Lipinski definition) is 5. The Kier molecular flexibility index (Phi) is 5.35. The predicted molar refractivity (Wildman–Crippen MR) is 128 cm³/mol. The van der Waals surface area contributed by atoms with E-state index in [1.165, 1.54) is 6.07 Å². The van der Waals surface area contributed by atoms with Gasteiger partial charge in [0.2, 0.25) is 0 Å². The summed E-state index contributed by atoms with van der Waals surface area (Å²) in [6.07, 6.45) is 3.28. The molecule has 0 saturated heterocycles. The Balaban J connectivity index is 1.38. The summed E-state index contributed by atoms with van der Waals surface area (Å²) in [5.41, 5.74) is 2.75. The first-order valence-electron chi connectivity index (χ1n) is 11.0. The molecular formula is C25H23FN6O3. The van der Waals surface area contributed by atoms with Gasteiger partial charge in [0, 0.05) is 47.2 Å². The Bertz CT molecular complexity index is 1440. The van der Waals surface area contributed by atoms with Crippen LogP contribution in [0, 0.1) is 5.82 Å². The monoisotopic (exact) mass is 474 g/mol. The zero-order chi connectivity index (χ0) is 24.7. The zero-order valence-electron chi connectivity index (χ0n) is 19.3. The summed E-state index contributed by atoms with van der Waals surface area (Å²) in [4.78, 5) is 32.1. The van der Waals surface area contributed by atoms with Gasteiger partial charge in [0.1, 0.15) is 17.4 Å². The third kappa shape index (κ3) is 4.25. The average molecular weight is 474 g/mol. The van der Waals surface area contributed by atoms with E-state index in [9.17, 15) is 9.59 Å². The highest BCUT2D eigenvalue weighted by Crippen LogP contribution is 2.36. The van der Waals surface area contributed by atoms with Gasteiger partial charge in [0.05, 0.1) is 5.56 Å². The summed E-state index contributed by atoms with van der Waals surface area (Å²) in [6.45, 7) is 6.18. The molecule has 0 radical (unpaired) electrons. The van der Waals surface area contributed by atoms with Crippen molar-refractivity contribution in [1.82, 2.24) is 20.4 Å². The van der Waals surface area contributed by atoms with Crippen molar-refractivity contribution in [1.29, 1.82) is 0 Å². The fourth-order valence-electron chi connectivity index (χ4n) is 3.99. The van der Waals surface area contributed by atoms with Gasteiger partial charge in [0.15, 0.2) is 5.82 Å². The third-order valence-electron chi connectivity index (χ3n) is 5.73. The zero-order valence-corrected chi connectivity index (χ0v) is 19.3. The summed E-state index contributed by atoms with van der Waals surface area (Å²) in [5.74, 6) is 0.686. The highest BCUT2D eigenvalue weighted by atomic mass is 19.1. The molecule has 0 atom stereocenters. The number of rotatable bonds is 4. The molecule has 10 heteroatoms. The molecule has 178 valence electrons. The summed E-state index contributed by atoms with van der Waals surface area (Å²) < 4.78 is 20.4. The SMILES string of the molecule is CC(C)(C)c1cc(NC(=O)Nc2ccc(-c3ccc(-c4ncc[nH]4)c4c3CNC4=O)c(F)c2)no1. The van der Waals surface area contributed by atoms with E-state index in [0.29, 0.717) is 39.4 Å². The van der Waals surface area contributed by atoms with E-state index in [1.807, 2.05) is 20.8 Å². The topological polar surface area (TPSA) is 125 Å². The molecule has 2 aromatic heterocycles. The predicted octanol–water partition coefficient (Wildman–Crippen LogP) is 5.06. The molecule has 9 nitrogen and oxygen atoms in total. The van der Waals surface area contributed by atoms with Gasteiger partial charge in [-0.2, -0.15) is 0 Å². The number of nitrogens with zero attached hydrogens (tertiary/aromatic N) is 2. The van der Waals surface area contributed by atoms with Gasteiger partial charge < -0.3 is 20.1 Å². The minimum atomic E-state index is -0.579. The molecule has 0 fully saturated rings. The van der Waals surface area contributed by atoms with Crippen LogP contribution in [0.25, 0.3) is 22.5 Å². The average Bonchev–Trinajstić information content (AvgIpc) is 3.55. The van der Waals surface area contributed by atoms with Crippen molar-refractivity contribution >= 4 is 23.4 Å². The van der Waals surface area contributed by atoms with Crippen molar-refractivity contribution in [3.05, 3.63) is 71.5 Å². The lowest BCUT2D eigenvalue weighted by molar-refractivity contribution is 0.0966. The molecule has 0 spiro atoms. The highest BCUT2D eigenvalue weighted by molar-refractivity contribution is 6.06. The molecule has 0 unspecified atom stereocenters. The normalized spacial score (nSPS) is 12.9. The van der Waals surface area contributed by atoms with Crippen molar-refractivity contribution in [3.8, 4) is 22.5 Å². The summed E-state index contributed by atoms with van der Waals surface area (Å²) in [5, 5.41) is 11.8. The second-order valence-electron chi connectivity index (χ2n) is 9.23. The van der Waals surface area contributed by atoms with Crippen LogP contribution in [0.2, 0.25) is 0 Å². The number of fused-ring (bicyclic) bond motifs is 1. The van der Waals surface area contributed by atoms with Crippen molar-refractivity contribution in [2.24, 2.45) is 0 Å². The molecule has 0 saturated carbocycles. The van der Waals surface area contributed by atoms with Gasteiger partial charge in [0.25, 0.3) is 5.91 Å². The minimum absolute atomic E-state index is 0.230. The van der Waals surface area contributed by atoms with Gasteiger partial charge in [-0.1, -0.05) is 32.0 Å². The number of anilines is 2. The number of imidazole rings is 1. The number of hydrogen-bond donors (Lipinski definition) is 4. The molecule has 2 aromatic carbocycles. The molecule has 3 heterocycles. The molecule has 5 rings (SSSR count). The molecule has 1 aliphatic heterocycles. The fraction of sp³-hybridized carbons (Fsp3) is 0.200. The molecule has 4 N–H and O–H groups in total. The first-order chi connectivity index (χ1) is 16.7. The number of nitrogens with one attached hydrogen (secondary N) is 4. The van der Waals surface area contributed by atoms with Crippen molar-refractivity contribution < 1.29 is 18.5 Å². The Morgan fingerprint density at radius 3 is 2.54 bits per heavy atom. The standard InChI is InChI=1S/C25H23FN6O3/c1-25(2,3)19-11-20(32-35-19)31-24(34)30-13-4-5-15(18(26)10-13)14-6-7-16(22-27-8-9-28-22)21-17(14)12-29-23(21)33/h4-11H,12H2,1-3H3,(H,27,28)(H,29,33)(H2,30,31,32,34). The van der Waals surface area contributed by atoms with Crippen molar-refractivity contribution in [2.45, 2.75) is 32.7 Å². The van der Waals surface area contributed by atoms with Gasteiger partial charge >= 0.3 is 6.03 Å². The van der Waals surface area contributed by atoms with E-state index in [-0.39, 0.29) is 29.4 Å². The van der Waals surface area contributed by atoms with Crippen LogP contribution in [0.1, 0.15) is 42.5 Å². The summed E-state index contributed by atoms with van der Waals surface area (Å²) in [6, 6.07) is 8.99. The Hall–Kier alpha value is -4.47. The molecule has 1 aliphatic rings. The van der Waals surface area contributed by atoms with E-state index in [0.717, 1.165) is 0 Å². The van der Waals surface area contributed by atoms with Crippen LogP contribution < -0.4 is 16.0 Å². The Morgan fingerprint density at radius 2 is 1.86 bits per heavy atom. The third-order valence-corrected chi connectivity index (χ3v) is 5.73. The first kappa shape index (κ1) is 22.3. The smallest absolute Gasteiger partial charge is 0.324 e. The van der Waals surface area contributed by atoms with Crippen molar-refractivity contribution in [3.63, 3.8) is 0 Å². The lowest BCUT2D eigenvalue weighted by Crippen LogP contribution is -2.19. The van der Waals surface area contributed by atoms with E-state index in [2.05, 4.69) is 31.1 Å². The fourth-order valence-corrected chi connectivity index (χ4v) is 3.99. The Labute approximate surface area is 200 Å². The Morgan fingerprint density at radius 1 is 1.09 bits per heavy atom. The molecule has 4 aromatic rings. The molecule has 35 heavy (non-hydrogen) atoms. The quantitative estimate of drug-likeness (QED) is 0.329.